The van der Waals surface area contributed by atoms with Gasteiger partial charge in [-0.1, -0.05) is 35.9 Å². The van der Waals surface area contributed by atoms with Crippen LogP contribution < -0.4 is 5.73 Å². The molecule has 1 amide bonds. The number of carbonyl (C=O) groups is 1. The van der Waals surface area contributed by atoms with Gasteiger partial charge in [-0.05, 0) is 29.8 Å². The molecule has 0 saturated heterocycles. The second-order valence-corrected chi connectivity index (χ2v) is 6.00. The lowest BCUT2D eigenvalue weighted by atomic mass is 10.1. The van der Waals surface area contributed by atoms with Gasteiger partial charge in [-0.25, -0.2) is 0 Å². The number of benzene rings is 2. The molecule has 2 aromatic carbocycles. The third-order valence-electron chi connectivity index (χ3n) is 3.92. The van der Waals surface area contributed by atoms with Crippen molar-refractivity contribution in [1.29, 1.82) is 0 Å². The maximum atomic E-state index is 11.9. The van der Waals surface area contributed by atoms with Gasteiger partial charge in [-0.3, -0.25) is 14.5 Å². The lowest BCUT2D eigenvalue weighted by Crippen LogP contribution is -2.18. The molecular weight excluding hydrogens is 324 g/mol. The van der Waals surface area contributed by atoms with E-state index in [-0.39, 0.29) is 0 Å². The number of carbonyl (C=O) groups excluding carboxylic acids is 1. The molecule has 0 aliphatic carbocycles. The van der Waals surface area contributed by atoms with Crippen LogP contribution in [0.5, 0.6) is 0 Å². The molecule has 2 N–H and O–H groups in total. The van der Waals surface area contributed by atoms with E-state index in [0.29, 0.717) is 17.3 Å². The van der Waals surface area contributed by atoms with Gasteiger partial charge in [0.05, 0.1) is 22.6 Å². The van der Waals surface area contributed by atoms with Crippen LogP contribution in [0.3, 0.4) is 0 Å². The Bertz CT molecular complexity index is 1090. The highest BCUT2D eigenvalue weighted by Crippen LogP contribution is 2.21. The molecule has 0 saturated carbocycles. The number of aromatic nitrogens is 3. The van der Waals surface area contributed by atoms with Crippen LogP contribution in [0.4, 0.5) is 0 Å². The Balaban J connectivity index is 1.81. The lowest BCUT2D eigenvalue weighted by molar-refractivity contribution is 0.0992. The number of fused-ring (bicyclic) bond motifs is 2. The van der Waals surface area contributed by atoms with Gasteiger partial charge in [0, 0.05) is 17.0 Å². The fraction of sp³-hybridized carbons (Fsp3) is 0.0556. The number of primary amides is 1. The number of halogens is 1. The number of pyridine rings is 1. The average Bonchev–Trinajstić information content (AvgIpc) is 2.92. The van der Waals surface area contributed by atoms with Crippen molar-refractivity contribution in [2.75, 3.05) is 0 Å². The Morgan fingerprint density at radius 2 is 1.96 bits per heavy atom. The third-order valence-corrected chi connectivity index (χ3v) is 4.13. The van der Waals surface area contributed by atoms with Gasteiger partial charge in [-0.2, -0.15) is 5.10 Å². The molecule has 24 heavy (non-hydrogen) atoms. The summed E-state index contributed by atoms with van der Waals surface area (Å²) in [6.07, 6.45) is 1.62. The minimum atomic E-state index is -0.491. The molecule has 118 valence electrons. The van der Waals surface area contributed by atoms with E-state index < -0.39 is 5.91 Å². The summed E-state index contributed by atoms with van der Waals surface area (Å²) < 4.78 is 1.64. The van der Waals surface area contributed by atoms with Gasteiger partial charge < -0.3 is 5.73 Å². The largest absolute Gasteiger partial charge is 0.364 e. The van der Waals surface area contributed by atoms with E-state index >= 15 is 0 Å². The number of hydrogen-bond acceptors (Lipinski definition) is 3. The molecule has 0 aliphatic rings. The molecule has 2 aromatic heterocycles. The summed E-state index contributed by atoms with van der Waals surface area (Å²) in [6, 6.07) is 15.2. The van der Waals surface area contributed by atoms with E-state index in [0.717, 1.165) is 27.4 Å². The Morgan fingerprint density at radius 3 is 2.79 bits per heavy atom. The number of nitrogens with two attached hydrogens (primary N) is 1. The van der Waals surface area contributed by atoms with Crippen LogP contribution >= 0.6 is 11.6 Å². The summed E-state index contributed by atoms with van der Waals surface area (Å²) in [5.41, 5.74) is 8.57. The molecule has 0 aliphatic heterocycles. The second-order valence-electron chi connectivity index (χ2n) is 5.57. The monoisotopic (exact) mass is 336 g/mol. The van der Waals surface area contributed by atoms with Gasteiger partial charge in [0.15, 0.2) is 0 Å². The molecule has 6 heteroatoms. The Morgan fingerprint density at radius 1 is 1.12 bits per heavy atom. The zero-order chi connectivity index (χ0) is 16.7. The van der Waals surface area contributed by atoms with Gasteiger partial charge in [-0.15, -0.1) is 0 Å². The van der Waals surface area contributed by atoms with Gasteiger partial charge in [0.2, 0.25) is 0 Å². The molecule has 0 radical (unpaired) electrons. The molecule has 5 nitrogen and oxygen atoms in total. The maximum Gasteiger partial charge on any atom is 0.267 e. The van der Waals surface area contributed by atoms with Crippen LogP contribution in [0, 0.1) is 0 Å². The van der Waals surface area contributed by atoms with Crippen molar-refractivity contribution < 1.29 is 4.79 Å². The van der Waals surface area contributed by atoms with Gasteiger partial charge in [0.1, 0.15) is 5.69 Å². The predicted octanol–water partition coefficient (Wildman–Crippen LogP) is 3.39. The quantitative estimate of drug-likeness (QED) is 0.623. The minimum Gasteiger partial charge on any atom is -0.364 e. The van der Waals surface area contributed by atoms with Crippen molar-refractivity contribution in [2.24, 2.45) is 5.73 Å². The van der Waals surface area contributed by atoms with Crippen molar-refractivity contribution in [1.82, 2.24) is 14.8 Å². The van der Waals surface area contributed by atoms with Crippen LogP contribution in [0.25, 0.3) is 21.8 Å². The van der Waals surface area contributed by atoms with Crippen molar-refractivity contribution in [3.05, 3.63) is 71.0 Å². The first-order valence-corrected chi connectivity index (χ1v) is 7.79. The first-order valence-electron chi connectivity index (χ1n) is 7.41. The summed E-state index contributed by atoms with van der Waals surface area (Å²) in [7, 11) is 0. The van der Waals surface area contributed by atoms with E-state index in [4.69, 9.17) is 17.3 Å². The molecule has 4 rings (SSSR count). The fourth-order valence-electron chi connectivity index (χ4n) is 2.88. The van der Waals surface area contributed by atoms with Crippen molar-refractivity contribution in [2.45, 2.75) is 6.54 Å². The Hall–Kier alpha value is -2.92. The van der Waals surface area contributed by atoms with E-state index in [1.165, 1.54) is 0 Å². The van der Waals surface area contributed by atoms with Gasteiger partial charge in [0.25, 0.3) is 5.91 Å². The molecule has 0 fully saturated rings. The third kappa shape index (κ3) is 2.49. The van der Waals surface area contributed by atoms with E-state index in [1.807, 2.05) is 48.5 Å². The fourth-order valence-corrected chi connectivity index (χ4v) is 3.05. The Labute approximate surface area is 142 Å². The smallest absolute Gasteiger partial charge is 0.267 e. The van der Waals surface area contributed by atoms with Crippen molar-refractivity contribution >= 4 is 39.3 Å². The summed E-state index contributed by atoms with van der Waals surface area (Å²) in [5, 5.41) is 6.79. The van der Waals surface area contributed by atoms with Crippen LogP contribution in [-0.4, -0.2) is 20.7 Å². The molecule has 0 atom stereocenters. The summed E-state index contributed by atoms with van der Waals surface area (Å²) in [5.74, 6) is -0.491. The summed E-state index contributed by atoms with van der Waals surface area (Å²) in [6.45, 7) is 0.440. The van der Waals surface area contributed by atoms with Crippen molar-refractivity contribution in [3.8, 4) is 0 Å². The number of hydrogen-bond donors (Lipinski definition) is 1. The molecule has 4 aromatic rings. The van der Waals surface area contributed by atoms with Crippen LogP contribution in [-0.2, 0) is 6.54 Å². The standard InChI is InChI=1S/C18H13ClN4O/c19-13-8-12-7-11(5-6-15(12)21-9-13)10-23-17(18(20)24)14-3-1-2-4-16(14)22-23/h1-9H,10H2,(H2,20,24). The maximum absolute atomic E-state index is 11.9. The minimum absolute atomic E-state index is 0.412. The molecule has 2 heterocycles. The van der Waals surface area contributed by atoms with Crippen LogP contribution in [0.15, 0.2) is 54.7 Å². The van der Waals surface area contributed by atoms with Crippen LogP contribution in [0.1, 0.15) is 16.1 Å². The molecule has 0 unspecified atom stereocenters. The Kier molecular flexibility index (Phi) is 3.43. The second kappa shape index (κ2) is 5.62. The first kappa shape index (κ1) is 14.7. The molecule has 0 bridgehead atoms. The normalized spacial score (nSPS) is 11.2. The van der Waals surface area contributed by atoms with E-state index in [1.54, 1.807) is 10.9 Å². The van der Waals surface area contributed by atoms with Crippen molar-refractivity contribution in [3.63, 3.8) is 0 Å². The van der Waals surface area contributed by atoms with Gasteiger partial charge >= 0.3 is 0 Å². The highest BCUT2D eigenvalue weighted by Gasteiger charge is 2.15. The van der Waals surface area contributed by atoms with E-state index in [2.05, 4.69) is 10.1 Å². The number of amides is 1. The number of nitrogens with zero attached hydrogens (tertiary/aromatic N) is 3. The lowest BCUT2D eigenvalue weighted by Gasteiger charge is -2.07. The number of rotatable bonds is 3. The highest BCUT2D eigenvalue weighted by atomic mass is 35.5. The topological polar surface area (TPSA) is 73.8 Å². The zero-order valence-electron chi connectivity index (χ0n) is 12.6. The molecule has 0 spiro atoms. The predicted molar refractivity (Wildman–Crippen MR) is 94.1 cm³/mol. The zero-order valence-corrected chi connectivity index (χ0v) is 13.4. The van der Waals surface area contributed by atoms with E-state index in [9.17, 15) is 4.79 Å². The van der Waals surface area contributed by atoms with Crippen LogP contribution in [0.2, 0.25) is 5.02 Å². The summed E-state index contributed by atoms with van der Waals surface area (Å²) in [4.78, 5) is 16.2. The SMILES string of the molecule is NC(=O)c1c2ccccc2nn1Cc1ccc2ncc(Cl)cc2c1. The highest BCUT2D eigenvalue weighted by molar-refractivity contribution is 6.31. The average molecular weight is 337 g/mol. The summed E-state index contributed by atoms with van der Waals surface area (Å²) >= 11 is 6.01. The first-order chi connectivity index (χ1) is 11.6. The molecular formula is C18H13ClN4O.